The van der Waals surface area contributed by atoms with E-state index in [0.29, 0.717) is 5.92 Å². The van der Waals surface area contributed by atoms with Gasteiger partial charge in [0.05, 0.1) is 0 Å². The van der Waals surface area contributed by atoms with Gasteiger partial charge in [-0.2, -0.15) is 0 Å². The highest BCUT2D eigenvalue weighted by molar-refractivity contribution is 5.26. The van der Waals surface area contributed by atoms with Gasteiger partial charge in [0.15, 0.2) is 0 Å². The molecule has 1 aromatic heterocycles. The van der Waals surface area contributed by atoms with Crippen LogP contribution in [0, 0.1) is 0 Å². The normalized spacial score (nSPS) is 12.9. The zero-order chi connectivity index (χ0) is 13.8. The molecular weight excluding hydrogens is 234 g/mol. The van der Waals surface area contributed by atoms with Gasteiger partial charge in [0, 0.05) is 31.4 Å². The third kappa shape index (κ3) is 3.24. The Kier molecular flexibility index (Phi) is 4.38. The Morgan fingerprint density at radius 3 is 2.37 bits per heavy atom. The predicted molar refractivity (Wildman–Crippen MR) is 79.1 cm³/mol. The van der Waals surface area contributed by atoms with E-state index in [0.717, 1.165) is 18.8 Å². The lowest BCUT2D eigenvalue weighted by Gasteiger charge is -2.15. The number of rotatable bonds is 5. The first-order valence-electron chi connectivity index (χ1n) is 6.97. The van der Waals surface area contributed by atoms with Crippen molar-refractivity contribution < 1.29 is 0 Å². The Morgan fingerprint density at radius 1 is 1.16 bits per heavy atom. The van der Waals surface area contributed by atoms with Crippen LogP contribution in [0.3, 0.4) is 0 Å². The summed E-state index contributed by atoms with van der Waals surface area (Å²) in [5, 5.41) is 0. The van der Waals surface area contributed by atoms with Crippen LogP contribution < -0.4 is 5.73 Å². The van der Waals surface area contributed by atoms with Crippen LogP contribution in [0.15, 0.2) is 36.7 Å². The molecule has 0 aliphatic heterocycles. The van der Waals surface area contributed by atoms with E-state index in [1.54, 1.807) is 0 Å². The molecule has 0 fully saturated rings. The van der Waals surface area contributed by atoms with Crippen LogP contribution in [-0.2, 0) is 13.0 Å². The fraction of sp³-hybridized carbons (Fsp3) is 0.438. The second kappa shape index (κ2) is 6.02. The minimum absolute atomic E-state index is 0.0145. The SMILES string of the molecule is CCc1nccn1CC(N)c1ccc(C(C)C)cc1. The minimum atomic E-state index is 0.0145. The van der Waals surface area contributed by atoms with Crippen LogP contribution in [0.2, 0.25) is 0 Å². The van der Waals surface area contributed by atoms with Crippen molar-refractivity contribution in [2.45, 2.75) is 45.7 Å². The highest BCUT2D eigenvalue weighted by Gasteiger charge is 2.09. The van der Waals surface area contributed by atoms with Crippen molar-refractivity contribution in [2.75, 3.05) is 0 Å². The Morgan fingerprint density at radius 2 is 1.79 bits per heavy atom. The molecule has 0 aliphatic carbocycles. The number of aryl methyl sites for hydroxylation is 1. The highest BCUT2D eigenvalue weighted by atomic mass is 15.1. The average Bonchev–Trinajstić information content (AvgIpc) is 2.86. The monoisotopic (exact) mass is 257 g/mol. The number of benzene rings is 1. The van der Waals surface area contributed by atoms with Crippen LogP contribution in [-0.4, -0.2) is 9.55 Å². The van der Waals surface area contributed by atoms with Crippen LogP contribution in [0.25, 0.3) is 0 Å². The van der Waals surface area contributed by atoms with Gasteiger partial charge in [-0.05, 0) is 17.0 Å². The van der Waals surface area contributed by atoms with Crippen molar-refractivity contribution in [1.29, 1.82) is 0 Å². The quantitative estimate of drug-likeness (QED) is 0.893. The molecule has 1 atom stereocenters. The molecule has 1 unspecified atom stereocenters. The van der Waals surface area contributed by atoms with Gasteiger partial charge in [0.2, 0.25) is 0 Å². The molecule has 1 aromatic carbocycles. The van der Waals surface area contributed by atoms with Crippen molar-refractivity contribution in [3.63, 3.8) is 0 Å². The minimum Gasteiger partial charge on any atom is -0.333 e. The summed E-state index contributed by atoms with van der Waals surface area (Å²) >= 11 is 0. The molecule has 0 spiro atoms. The summed E-state index contributed by atoms with van der Waals surface area (Å²) in [6.45, 7) is 7.30. The molecule has 2 rings (SSSR count). The Balaban J connectivity index is 2.09. The van der Waals surface area contributed by atoms with Crippen LogP contribution in [0.5, 0.6) is 0 Å². The largest absolute Gasteiger partial charge is 0.333 e. The van der Waals surface area contributed by atoms with E-state index >= 15 is 0 Å². The number of imidazole rings is 1. The third-order valence-corrected chi connectivity index (χ3v) is 3.54. The van der Waals surface area contributed by atoms with Crippen LogP contribution >= 0.6 is 0 Å². The predicted octanol–water partition coefficient (Wildman–Crippen LogP) is 3.27. The Hall–Kier alpha value is -1.61. The summed E-state index contributed by atoms with van der Waals surface area (Å²) in [5.41, 5.74) is 8.82. The van der Waals surface area contributed by atoms with E-state index in [1.165, 1.54) is 11.1 Å². The average molecular weight is 257 g/mol. The van der Waals surface area contributed by atoms with Gasteiger partial charge in [-0.3, -0.25) is 0 Å². The van der Waals surface area contributed by atoms with E-state index < -0.39 is 0 Å². The molecule has 3 nitrogen and oxygen atoms in total. The highest BCUT2D eigenvalue weighted by Crippen LogP contribution is 2.19. The van der Waals surface area contributed by atoms with Crippen LogP contribution in [0.4, 0.5) is 0 Å². The number of nitrogens with two attached hydrogens (primary N) is 1. The van der Waals surface area contributed by atoms with Crippen LogP contribution in [0.1, 0.15) is 49.7 Å². The van der Waals surface area contributed by atoms with Gasteiger partial charge in [-0.1, -0.05) is 45.0 Å². The second-order valence-corrected chi connectivity index (χ2v) is 5.28. The molecule has 0 amide bonds. The van der Waals surface area contributed by atoms with Gasteiger partial charge in [0.1, 0.15) is 5.82 Å². The number of aromatic nitrogens is 2. The zero-order valence-electron chi connectivity index (χ0n) is 12.0. The van der Waals surface area contributed by atoms with Gasteiger partial charge >= 0.3 is 0 Å². The molecule has 0 bridgehead atoms. The van der Waals surface area contributed by atoms with Gasteiger partial charge in [-0.25, -0.2) is 4.98 Å². The molecule has 102 valence electrons. The molecule has 0 saturated carbocycles. The summed E-state index contributed by atoms with van der Waals surface area (Å²) < 4.78 is 2.14. The lowest BCUT2D eigenvalue weighted by Crippen LogP contribution is -2.18. The number of nitrogens with zero attached hydrogens (tertiary/aromatic N) is 2. The topological polar surface area (TPSA) is 43.8 Å². The molecule has 0 aliphatic rings. The van der Waals surface area contributed by atoms with Crippen molar-refractivity contribution in [3.8, 4) is 0 Å². The molecule has 0 saturated heterocycles. The van der Waals surface area contributed by atoms with E-state index in [-0.39, 0.29) is 6.04 Å². The Labute approximate surface area is 115 Å². The lowest BCUT2D eigenvalue weighted by atomic mass is 9.99. The number of hydrogen-bond acceptors (Lipinski definition) is 2. The lowest BCUT2D eigenvalue weighted by molar-refractivity contribution is 0.557. The molecular formula is C16H23N3. The van der Waals surface area contributed by atoms with Gasteiger partial charge < -0.3 is 10.3 Å². The summed E-state index contributed by atoms with van der Waals surface area (Å²) in [5.74, 6) is 1.65. The first-order chi connectivity index (χ1) is 9.11. The summed E-state index contributed by atoms with van der Waals surface area (Å²) in [4.78, 5) is 4.33. The maximum atomic E-state index is 6.29. The maximum absolute atomic E-state index is 6.29. The first kappa shape index (κ1) is 13.8. The van der Waals surface area contributed by atoms with E-state index in [9.17, 15) is 0 Å². The van der Waals surface area contributed by atoms with E-state index in [2.05, 4.69) is 54.6 Å². The molecule has 3 heteroatoms. The molecule has 2 N–H and O–H groups in total. The second-order valence-electron chi connectivity index (χ2n) is 5.28. The summed E-state index contributed by atoms with van der Waals surface area (Å²) in [6, 6.07) is 8.65. The van der Waals surface area contributed by atoms with E-state index in [4.69, 9.17) is 5.73 Å². The standard InChI is InChI=1S/C16H23N3/c1-4-16-18-9-10-19(16)11-15(17)14-7-5-13(6-8-14)12(2)3/h5-10,12,15H,4,11,17H2,1-3H3. The van der Waals surface area contributed by atoms with Gasteiger partial charge in [0.25, 0.3) is 0 Å². The first-order valence-corrected chi connectivity index (χ1v) is 6.97. The molecule has 2 aromatic rings. The third-order valence-electron chi connectivity index (χ3n) is 3.54. The van der Waals surface area contributed by atoms with Crippen molar-refractivity contribution >= 4 is 0 Å². The summed E-state index contributed by atoms with van der Waals surface area (Å²) in [6.07, 6.45) is 4.78. The zero-order valence-corrected chi connectivity index (χ0v) is 12.0. The molecule has 0 radical (unpaired) electrons. The van der Waals surface area contributed by atoms with Crippen molar-refractivity contribution in [3.05, 3.63) is 53.6 Å². The van der Waals surface area contributed by atoms with Gasteiger partial charge in [-0.15, -0.1) is 0 Å². The van der Waals surface area contributed by atoms with E-state index in [1.807, 2.05) is 12.4 Å². The molecule has 1 heterocycles. The fourth-order valence-corrected chi connectivity index (χ4v) is 2.27. The van der Waals surface area contributed by atoms with Crippen molar-refractivity contribution in [1.82, 2.24) is 9.55 Å². The number of hydrogen-bond donors (Lipinski definition) is 1. The maximum Gasteiger partial charge on any atom is 0.108 e. The Bertz CT molecular complexity index is 511. The summed E-state index contributed by atoms with van der Waals surface area (Å²) in [7, 11) is 0. The smallest absolute Gasteiger partial charge is 0.108 e. The molecule has 19 heavy (non-hydrogen) atoms. The fourth-order valence-electron chi connectivity index (χ4n) is 2.27. The van der Waals surface area contributed by atoms with Crippen molar-refractivity contribution in [2.24, 2.45) is 5.73 Å².